The number of unbranched alkanes of at least 4 members (excludes halogenated alkanes) is 3. The Bertz CT molecular complexity index is 30.5. The minimum atomic E-state index is 1.36. The molecule has 0 rings (SSSR count). The summed E-state index contributed by atoms with van der Waals surface area (Å²) in [7, 11) is 0. The Labute approximate surface area is 80.8 Å². The molecule has 0 N–H and O–H groups in total. The highest BCUT2D eigenvalue weighted by Gasteiger charge is 1.75. The molecule has 0 heteroatoms. The zero-order valence-electron chi connectivity index (χ0n) is 9.98. The Morgan fingerprint density at radius 2 is 0.833 bits per heavy atom. The fourth-order valence-electron chi connectivity index (χ4n) is 0.500. The van der Waals surface area contributed by atoms with Gasteiger partial charge in [0.05, 0.1) is 0 Å². The lowest BCUT2D eigenvalue weighted by molar-refractivity contribution is 0.702. The molecule has 0 atom stereocenters. The molecule has 0 saturated heterocycles. The fourth-order valence-corrected chi connectivity index (χ4v) is 0.500. The molecule has 0 aromatic heterocycles. The van der Waals surface area contributed by atoms with Crippen molar-refractivity contribution in [3.8, 4) is 12.8 Å². The van der Waals surface area contributed by atoms with Crippen LogP contribution in [0.3, 0.4) is 0 Å². The third kappa shape index (κ3) is 107. The first-order valence-corrected chi connectivity index (χ1v) is 5.25. The van der Waals surface area contributed by atoms with Crippen LogP contribution in [-0.4, -0.2) is 0 Å². The van der Waals surface area contributed by atoms with E-state index in [1.165, 1.54) is 25.7 Å². The van der Waals surface area contributed by atoms with E-state index < -0.39 is 0 Å². The van der Waals surface area contributed by atoms with Crippen molar-refractivity contribution in [3.63, 3.8) is 0 Å². The highest BCUT2D eigenvalue weighted by atomic mass is 13.8. The van der Waals surface area contributed by atoms with Crippen molar-refractivity contribution in [2.24, 2.45) is 0 Å². The van der Waals surface area contributed by atoms with Crippen LogP contribution in [0.15, 0.2) is 0 Å². The molecule has 0 radical (unpaired) electrons. The number of hydrogen-bond acceptors (Lipinski definition) is 0. The van der Waals surface area contributed by atoms with Crippen molar-refractivity contribution >= 4 is 0 Å². The van der Waals surface area contributed by atoms with Gasteiger partial charge in [0, 0.05) is 0 Å². The van der Waals surface area contributed by atoms with Gasteiger partial charge in [-0.1, -0.05) is 67.2 Å². The van der Waals surface area contributed by atoms with E-state index >= 15 is 0 Å². The second-order valence-corrected chi connectivity index (χ2v) is 1.71. The average Bonchev–Trinajstić information content (AvgIpc) is 2.24. The standard InChI is InChI=1S/C6H14.2C2H6.C2H2/c1-3-5-6-4-2;3*1-2/h3-6H2,1-2H3;2*1-2H3;1-2H. The van der Waals surface area contributed by atoms with Gasteiger partial charge >= 0.3 is 0 Å². The van der Waals surface area contributed by atoms with Gasteiger partial charge in [-0.05, 0) is 0 Å². The maximum atomic E-state index is 4.00. The summed E-state index contributed by atoms with van der Waals surface area (Å²) in [4.78, 5) is 0. The zero-order valence-corrected chi connectivity index (χ0v) is 9.98. The van der Waals surface area contributed by atoms with E-state index in [0.717, 1.165) is 0 Å². The summed E-state index contributed by atoms with van der Waals surface area (Å²) < 4.78 is 0. The van der Waals surface area contributed by atoms with Crippen LogP contribution in [0.4, 0.5) is 0 Å². The third-order valence-corrected chi connectivity index (χ3v) is 0.957. The van der Waals surface area contributed by atoms with Crippen LogP contribution in [0.5, 0.6) is 0 Å². The highest BCUT2D eigenvalue weighted by molar-refractivity contribution is 4.47. The van der Waals surface area contributed by atoms with Crippen molar-refractivity contribution < 1.29 is 0 Å². The SMILES string of the molecule is C#C.CC.CC.CCCCCC. The summed E-state index contributed by atoms with van der Waals surface area (Å²) in [6.07, 6.45) is 13.5. The van der Waals surface area contributed by atoms with Gasteiger partial charge in [-0.3, -0.25) is 0 Å². The lowest BCUT2D eigenvalue weighted by atomic mass is 10.2. The van der Waals surface area contributed by atoms with Gasteiger partial charge in [-0.15, -0.1) is 12.8 Å². The summed E-state index contributed by atoms with van der Waals surface area (Å²) in [5.74, 6) is 0. The molecule has 0 aliphatic carbocycles. The van der Waals surface area contributed by atoms with E-state index in [0.29, 0.717) is 0 Å². The number of hydrogen-bond donors (Lipinski definition) is 0. The largest absolute Gasteiger partial charge is 0.124 e. The monoisotopic (exact) mass is 172 g/mol. The highest BCUT2D eigenvalue weighted by Crippen LogP contribution is 1.95. The maximum absolute atomic E-state index is 4.00. The van der Waals surface area contributed by atoms with E-state index in [1.807, 2.05) is 27.7 Å². The first-order valence-electron chi connectivity index (χ1n) is 5.25. The summed E-state index contributed by atoms with van der Waals surface area (Å²) in [6, 6.07) is 0. The molecular formula is C12H28. The predicted molar refractivity (Wildman–Crippen MR) is 62.4 cm³/mol. The molecule has 0 aromatic rings. The number of terminal acetylenes is 1. The quantitative estimate of drug-likeness (QED) is 0.420. The number of rotatable bonds is 3. The summed E-state index contributed by atoms with van der Waals surface area (Å²) in [6.45, 7) is 12.5. The molecule has 0 unspecified atom stereocenters. The normalized spacial score (nSPS) is 5.67. The van der Waals surface area contributed by atoms with E-state index in [1.54, 1.807) is 0 Å². The Balaban J connectivity index is -0.0000000453. The van der Waals surface area contributed by atoms with Crippen molar-refractivity contribution in [1.29, 1.82) is 0 Å². The topological polar surface area (TPSA) is 0 Å². The van der Waals surface area contributed by atoms with E-state index in [2.05, 4.69) is 26.7 Å². The van der Waals surface area contributed by atoms with Crippen LogP contribution >= 0.6 is 0 Å². The molecule has 0 aromatic carbocycles. The maximum Gasteiger partial charge on any atom is -0.0536 e. The van der Waals surface area contributed by atoms with Crippen molar-refractivity contribution in [3.05, 3.63) is 0 Å². The zero-order chi connectivity index (χ0) is 10.8. The minimum Gasteiger partial charge on any atom is -0.124 e. The molecule has 0 heterocycles. The smallest absolute Gasteiger partial charge is 0.0536 e. The predicted octanol–water partition coefficient (Wildman–Crippen LogP) is 4.89. The van der Waals surface area contributed by atoms with Crippen molar-refractivity contribution in [2.75, 3.05) is 0 Å². The van der Waals surface area contributed by atoms with Gasteiger partial charge in [-0.25, -0.2) is 0 Å². The second-order valence-electron chi connectivity index (χ2n) is 1.71. The molecule has 0 amide bonds. The molecule has 12 heavy (non-hydrogen) atoms. The second kappa shape index (κ2) is 76.2. The molecule has 0 spiro atoms. The average molecular weight is 172 g/mol. The lowest BCUT2D eigenvalue weighted by Gasteiger charge is -1.86. The fraction of sp³-hybridized carbons (Fsp3) is 0.833. The molecular weight excluding hydrogens is 144 g/mol. The van der Waals surface area contributed by atoms with Crippen molar-refractivity contribution in [1.82, 2.24) is 0 Å². The van der Waals surface area contributed by atoms with Crippen LogP contribution in [0.1, 0.15) is 67.2 Å². The van der Waals surface area contributed by atoms with Gasteiger partial charge in [-0.2, -0.15) is 0 Å². The van der Waals surface area contributed by atoms with Gasteiger partial charge in [0.2, 0.25) is 0 Å². The molecule has 0 bridgehead atoms. The summed E-state index contributed by atoms with van der Waals surface area (Å²) in [5.41, 5.74) is 0. The van der Waals surface area contributed by atoms with E-state index in [-0.39, 0.29) is 0 Å². The van der Waals surface area contributed by atoms with Crippen LogP contribution in [0.25, 0.3) is 0 Å². The Morgan fingerprint density at radius 1 is 0.667 bits per heavy atom. The molecule has 0 fully saturated rings. The van der Waals surface area contributed by atoms with Gasteiger partial charge < -0.3 is 0 Å². The lowest BCUT2D eigenvalue weighted by Crippen LogP contribution is -1.66. The van der Waals surface area contributed by atoms with Crippen LogP contribution < -0.4 is 0 Å². The van der Waals surface area contributed by atoms with Crippen LogP contribution in [-0.2, 0) is 0 Å². The third-order valence-electron chi connectivity index (χ3n) is 0.957. The minimum absolute atomic E-state index is 1.36. The Hall–Kier alpha value is -0.440. The molecule has 0 aliphatic rings. The van der Waals surface area contributed by atoms with E-state index in [9.17, 15) is 0 Å². The summed E-state index contributed by atoms with van der Waals surface area (Å²) in [5, 5.41) is 0. The molecule has 0 saturated carbocycles. The first-order chi connectivity index (χ1) is 5.91. The van der Waals surface area contributed by atoms with Gasteiger partial charge in [0.15, 0.2) is 0 Å². The van der Waals surface area contributed by atoms with Crippen LogP contribution in [0.2, 0.25) is 0 Å². The summed E-state index contributed by atoms with van der Waals surface area (Å²) >= 11 is 0. The molecule has 0 aliphatic heterocycles. The van der Waals surface area contributed by atoms with Crippen molar-refractivity contribution in [2.45, 2.75) is 67.2 Å². The Kier molecular flexibility index (Phi) is 143. The first kappa shape index (κ1) is 22.6. The van der Waals surface area contributed by atoms with Gasteiger partial charge in [0.25, 0.3) is 0 Å². The Morgan fingerprint density at radius 3 is 0.917 bits per heavy atom. The molecule has 76 valence electrons. The van der Waals surface area contributed by atoms with Gasteiger partial charge in [0.1, 0.15) is 0 Å². The molecule has 0 nitrogen and oxygen atoms in total. The van der Waals surface area contributed by atoms with Crippen LogP contribution in [0, 0.1) is 12.8 Å². The van der Waals surface area contributed by atoms with E-state index in [4.69, 9.17) is 0 Å².